The molecule has 1 heterocycles. The molecule has 1 amide bonds. The van der Waals surface area contributed by atoms with Crippen molar-refractivity contribution >= 4 is 12.1 Å². The number of carboxylic acids is 1. The minimum Gasteiger partial charge on any atom is -0.490 e. The summed E-state index contributed by atoms with van der Waals surface area (Å²) in [7, 11) is 0. The van der Waals surface area contributed by atoms with E-state index in [1.54, 1.807) is 36.1 Å². The molecule has 1 atom stereocenters. The normalized spacial score (nSPS) is 16.7. The van der Waals surface area contributed by atoms with Gasteiger partial charge in [0.05, 0.1) is 0 Å². The molecule has 0 spiro atoms. The van der Waals surface area contributed by atoms with Crippen LogP contribution in [0.1, 0.15) is 52.2 Å². The lowest BCUT2D eigenvalue weighted by Gasteiger charge is -2.33. The Kier molecular flexibility index (Phi) is 7.07. The van der Waals surface area contributed by atoms with Gasteiger partial charge in [-0.1, -0.05) is 12.1 Å². The van der Waals surface area contributed by atoms with Gasteiger partial charge in [0.25, 0.3) is 0 Å². The van der Waals surface area contributed by atoms with Crippen LogP contribution in [0.5, 0.6) is 5.75 Å². The third kappa shape index (κ3) is 6.43. The summed E-state index contributed by atoms with van der Waals surface area (Å²) in [5, 5.41) is 9.23. The lowest BCUT2D eigenvalue weighted by molar-refractivity contribution is -0.150. The second kappa shape index (κ2) is 9.08. The van der Waals surface area contributed by atoms with Crippen LogP contribution in [0.3, 0.4) is 0 Å². The van der Waals surface area contributed by atoms with Crippen LogP contribution in [0.15, 0.2) is 24.3 Å². The smallest absolute Gasteiger partial charge is 0.410 e. The molecule has 0 aliphatic carbocycles. The van der Waals surface area contributed by atoms with Gasteiger partial charge in [-0.3, -0.25) is 0 Å². The lowest BCUT2D eigenvalue weighted by Crippen LogP contribution is -2.44. The van der Waals surface area contributed by atoms with Crippen molar-refractivity contribution in [2.24, 2.45) is 0 Å². The highest BCUT2D eigenvalue weighted by Crippen LogP contribution is 2.24. The molecular weight excluding hydrogens is 350 g/mol. The van der Waals surface area contributed by atoms with Crippen molar-refractivity contribution in [3.8, 4) is 5.75 Å². The van der Waals surface area contributed by atoms with Gasteiger partial charge >= 0.3 is 12.1 Å². The summed E-state index contributed by atoms with van der Waals surface area (Å²) in [6.07, 6.45) is 0.189. The Bertz CT molecular complexity index is 629. The summed E-state index contributed by atoms with van der Waals surface area (Å²) in [6.45, 7) is 8.81. The van der Waals surface area contributed by atoms with Gasteiger partial charge in [-0.15, -0.1) is 0 Å². The third-order valence-corrected chi connectivity index (χ3v) is 4.14. The average Bonchev–Trinajstić information content (AvgIpc) is 2.59. The number of nitrogens with zero attached hydrogens (tertiary/aromatic N) is 1. The maximum atomic E-state index is 12.1. The molecule has 1 saturated heterocycles. The molecule has 27 heavy (non-hydrogen) atoms. The molecule has 0 radical (unpaired) electrons. The van der Waals surface area contributed by atoms with Crippen molar-refractivity contribution < 1.29 is 28.9 Å². The van der Waals surface area contributed by atoms with Crippen LogP contribution in [-0.2, 0) is 14.3 Å². The number of carbonyl (C=O) groups is 2. The van der Waals surface area contributed by atoms with E-state index in [1.807, 2.05) is 20.8 Å². The molecule has 7 heteroatoms. The Balaban J connectivity index is 1.86. The Hall–Kier alpha value is -2.28. The van der Waals surface area contributed by atoms with Gasteiger partial charge in [0.1, 0.15) is 17.5 Å². The van der Waals surface area contributed by atoms with Gasteiger partial charge in [-0.25, -0.2) is 9.59 Å². The topological polar surface area (TPSA) is 85.3 Å². The first-order valence-corrected chi connectivity index (χ1v) is 9.28. The van der Waals surface area contributed by atoms with Crippen molar-refractivity contribution in [3.63, 3.8) is 0 Å². The summed E-state index contributed by atoms with van der Waals surface area (Å²) in [5.41, 5.74) is 0.0815. The second-order valence-electron chi connectivity index (χ2n) is 7.53. The standard InChI is InChI=1S/C20H29NO6/c1-5-25-17(18(22)23)14-6-8-15(9-7-14)26-16-10-12-21(13-11-16)19(24)27-20(2,3)4/h6-9,16-17H,5,10-13H2,1-4H3,(H,22,23). The zero-order chi connectivity index (χ0) is 20.0. The van der Waals surface area contributed by atoms with Gasteiger partial charge < -0.3 is 24.2 Å². The molecular formula is C20H29NO6. The molecule has 0 aromatic heterocycles. The fourth-order valence-electron chi connectivity index (χ4n) is 2.87. The maximum Gasteiger partial charge on any atom is 0.410 e. The Morgan fingerprint density at radius 3 is 2.26 bits per heavy atom. The van der Waals surface area contributed by atoms with E-state index in [1.165, 1.54) is 0 Å². The minimum absolute atomic E-state index is 0.0108. The predicted molar refractivity (Wildman–Crippen MR) is 99.9 cm³/mol. The van der Waals surface area contributed by atoms with E-state index >= 15 is 0 Å². The number of aliphatic carboxylic acids is 1. The van der Waals surface area contributed by atoms with Crippen LogP contribution in [0.4, 0.5) is 4.79 Å². The average molecular weight is 379 g/mol. The molecule has 0 saturated carbocycles. The molecule has 0 bridgehead atoms. The SMILES string of the molecule is CCOC(C(=O)O)c1ccc(OC2CCN(C(=O)OC(C)(C)C)CC2)cc1. The molecule has 1 fully saturated rings. The van der Waals surface area contributed by atoms with Crippen molar-refractivity contribution in [1.29, 1.82) is 0 Å². The summed E-state index contributed by atoms with van der Waals surface area (Å²) < 4.78 is 16.6. The number of likely N-dealkylation sites (tertiary alicyclic amines) is 1. The number of benzene rings is 1. The van der Waals surface area contributed by atoms with Gasteiger partial charge in [0.2, 0.25) is 0 Å². The molecule has 1 aromatic carbocycles. The zero-order valence-corrected chi connectivity index (χ0v) is 16.4. The van der Waals surface area contributed by atoms with Crippen molar-refractivity contribution in [2.45, 2.75) is 58.3 Å². The van der Waals surface area contributed by atoms with Crippen molar-refractivity contribution in [2.75, 3.05) is 19.7 Å². The van der Waals surface area contributed by atoms with Crippen LogP contribution in [0.2, 0.25) is 0 Å². The fraction of sp³-hybridized carbons (Fsp3) is 0.600. The number of hydrogen-bond acceptors (Lipinski definition) is 5. The predicted octanol–water partition coefficient (Wildman–Crippen LogP) is 3.63. The first-order valence-electron chi connectivity index (χ1n) is 9.28. The summed E-state index contributed by atoms with van der Waals surface area (Å²) >= 11 is 0. The largest absolute Gasteiger partial charge is 0.490 e. The van der Waals surface area contributed by atoms with Gasteiger partial charge in [-0.2, -0.15) is 0 Å². The second-order valence-corrected chi connectivity index (χ2v) is 7.53. The number of carboxylic acid groups (broad SMARTS) is 1. The van der Waals surface area contributed by atoms with Gasteiger partial charge in [0.15, 0.2) is 6.10 Å². The summed E-state index contributed by atoms with van der Waals surface area (Å²) in [6, 6.07) is 6.92. The minimum atomic E-state index is -1.01. The van der Waals surface area contributed by atoms with Crippen LogP contribution < -0.4 is 4.74 Å². The Morgan fingerprint density at radius 2 is 1.78 bits per heavy atom. The highest BCUT2D eigenvalue weighted by atomic mass is 16.6. The molecule has 1 aliphatic rings. The Labute approximate surface area is 160 Å². The molecule has 7 nitrogen and oxygen atoms in total. The quantitative estimate of drug-likeness (QED) is 0.812. The molecule has 1 aliphatic heterocycles. The van der Waals surface area contributed by atoms with E-state index in [2.05, 4.69) is 0 Å². The number of ether oxygens (including phenoxy) is 3. The molecule has 1 aromatic rings. The highest BCUT2D eigenvalue weighted by Gasteiger charge is 2.27. The van der Waals surface area contributed by atoms with Crippen molar-refractivity contribution in [3.05, 3.63) is 29.8 Å². The third-order valence-electron chi connectivity index (χ3n) is 4.14. The van der Waals surface area contributed by atoms with Crippen LogP contribution in [0, 0.1) is 0 Å². The number of piperidine rings is 1. The van der Waals surface area contributed by atoms with E-state index < -0.39 is 17.7 Å². The first kappa shape index (κ1) is 21.0. The van der Waals surface area contributed by atoms with Gasteiger partial charge in [0, 0.05) is 32.5 Å². The highest BCUT2D eigenvalue weighted by molar-refractivity contribution is 5.74. The number of amides is 1. The van der Waals surface area contributed by atoms with E-state index in [4.69, 9.17) is 14.2 Å². The van der Waals surface area contributed by atoms with Crippen molar-refractivity contribution in [1.82, 2.24) is 4.90 Å². The number of rotatable bonds is 6. The van der Waals surface area contributed by atoms with E-state index in [-0.39, 0.29) is 12.2 Å². The molecule has 2 rings (SSSR count). The number of carbonyl (C=O) groups excluding carboxylic acids is 1. The zero-order valence-electron chi connectivity index (χ0n) is 16.4. The Morgan fingerprint density at radius 1 is 1.19 bits per heavy atom. The monoisotopic (exact) mass is 379 g/mol. The fourth-order valence-corrected chi connectivity index (χ4v) is 2.87. The number of hydrogen-bond donors (Lipinski definition) is 1. The maximum absolute atomic E-state index is 12.1. The van der Waals surface area contributed by atoms with E-state index in [0.717, 1.165) is 12.8 Å². The van der Waals surface area contributed by atoms with E-state index in [0.29, 0.717) is 31.0 Å². The summed E-state index contributed by atoms with van der Waals surface area (Å²) in [5.74, 6) is -0.338. The lowest BCUT2D eigenvalue weighted by atomic mass is 10.1. The van der Waals surface area contributed by atoms with E-state index in [9.17, 15) is 14.7 Å². The van der Waals surface area contributed by atoms with Gasteiger partial charge in [-0.05, 0) is 45.4 Å². The molecule has 1 unspecified atom stereocenters. The molecule has 1 N–H and O–H groups in total. The van der Waals surface area contributed by atoms with Crippen LogP contribution in [0.25, 0.3) is 0 Å². The van der Waals surface area contributed by atoms with Crippen LogP contribution >= 0.6 is 0 Å². The summed E-state index contributed by atoms with van der Waals surface area (Å²) in [4.78, 5) is 25.1. The van der Waals surface area contributed by atoms with Crippen LogP contribution in [-0.4, -0.2) is 53.5 Å². The molecule has 150 valence electrons. The first-order chi connectivity index (χ1) is 12.7.